The van der Waals surface area contributed by atoms with E-state index in [0.29, 0.717) is 28.2 Å². The van der Waals surface area contributed by atoms with Gasteiger partial charge >= 0.3 is 5.97 Å². The summed E-state index contributed by atoms with van der Waals surface area (Å²) in [5.41, 5.74) is 8.45. The molecule has 0 spiro atoms. The Kier molecular flexibility index (Phi) is 11.1. The number of nitrogens with zero attached hydrogens (tertiary/aromatic N) is 4. The highest BCUT2D eigenvalue weighted by Gasteiger charge is 2.20. The Bertz CT molecular complexity index is 2510. The van der Waals surface area contributed by atoms with Gasteiger partial charge in [0.2, 0.25) is 0 Å². The number of benzene rings is 6. The van der Waals surface area contributed by atoms with Crippen molar-refractivity contribution in [3.63, 3.8) is 0 Å². The van der Waals surface area contributed by atoms with Crippen LogP contribution in [-0.2, 0) is 11.3 Å². The molecule has 1 N–H and O–H groups in total. The van der Waals surface area contributed by atoms with Gasteiger partial charge in [0.25, 0.3) is 0 Å². The van der Waals surface area contributed by atoms with E-state index in [1.165, 1.54) is 12.1 Å². The van der Waals surface area contributed by atoms with Crippen LogP contribution in [0.4, 0.5) is 8.78 Å². The predicted molar refractivity (Wildman–Crippen MR) is 211 cm³/mol. The average Bonchev–Trinajstić information content (AvgIpc) is 3.88. The molecular weight excluding hydrogens is 695 g/mol. The lowest BCUT2D eigenvalue weighted by Crippen LogP contribution is -2.06. The van der Waals surface area contributed by atoms with Crippen LogP contribution in [0.25, 0.3) is 56.1 Å². The maximum atomic E-state index is 14.5. The Balaban J connectivity index is 0.000000170. The van der Waals surface area contributed by atoms with E-state index in [-0.39, 0.29) is 30.5 Å². The fraction of sp³-hybridized carbons (Fsp3) is 0.0652. The van der Waals surface area contributed by atoms with Crippen molar-refractivity contribution in [1.29, 1.82) is 0 Å². The first kappa shape index (κ1) is 36.4. The summed E-state index contributed by atoms with van der Waals surface area (Å²) in [5.74, 6) is -1.24. The quantitative estimate of drug-likeness (QED) is 0.150. The van der Waals surface area contributed by atoms with Crippen LogP contribution in [0.3, 0.4) is 0 Å². The van der Waals surface area contributed by atoms with Crippen LogP contribution in [-0.4, -0.2) is 37.2 Å². The maximum absolute atomic E-state index is 14.5. The van der Waals surface area contributed by atoms with E-state index >= 15 is 0 Å². The third-order valence-electron chi connectivity index (χ3n) is 8.85. The van der Waals surface area contributed by atoms with Crippen LogP contribution in [0.5, 0.6) is 0 Å². The van der Waals surface area contributed by atoms with Crippen LogP contribution in [0.15, 0.2) is 170 Å². The summed E-state index contributed by atoms with van der Waals surface area (Å²) in [6, 6.07) is 52.0. The molecule has 0 aliphatic carbocycles. The molecule has 0 saturated carbocycles. The molecule has 8 rings (SSSR count). The number of ether oxygens (including phenoxy) is 1. The predicted octanol–water partition coefficient (Wildman–Crippen LogP) is 10.4. The maximum Gasteiger partial charge on any atom is 0.358 e. The SMILES string of the molecule is CCOC(=O)c1cc(-c2ccccc2F)n(-c2ccc(-c3ccccc3)cc2)n1.OCc1cc(-c2ccccc2F)n(-c2ccc(-c3ccccc3)cc2)n1. The largest absolute Gasteiger partial charge is 0.461 e. The molecule has 0 unspecified atom stereocenters. The van der Waals surface area contributed by atoms with Crippen LogP contribution in [0, 0.1) is 11.6 Å². The van der Waals surface area contributed by atoms with Gasteiger partial charge in [-0.1, -0.05) is 109 Å². The monoisotopic (exact) mass is 730 g/mol. The Hall–Kier alpha value is -6.97. The van der Waals surface area contributed by atoms with E-state index in [9.17, 15) is 18.7 Å². The number of esters is 1. The zero-order valence-corrected chi connectivity index (χ0v) is 29.9. The van der Waals surface area contributed by atoms with Crippen molar-refractivity contribution in [3.8, 4) is 56.1 Å². The van der Waals surface area contributed by atoms with Gasteiger partial charge in [0.1, 0.15) is 11.6 Å². The first-order chi connectivity index (χ1) is 26.9. The lowest BCUT2D eigenvalue weighted by atomic mass is 10.1. The molecule has 2 aromatic heterocycles. The number of aliphatic hydroxyl groups is 1. The van der Waals surface area contributed by atoms with Crippen molar-refractivity contribution < 1.29 is 23.4 Å². The molecule has 0 fully saturated rings. The van der Waals surface area contributed by atoms with Crippen molar-refractivity contribution in [2.24, 2.45) is 0 Å². The summed E-state index contributed by atoms with van der Waals surface area (Å²) in [4.78, 5) is 12.2. The van der Waals surface area contributed by atoms with Crippen LogP contribution in [0.1, 0.15) is 23.1 Å². The molecule has 9 heteroatoms. The summed E-state index contributed by atoms with van der Waals surface area (Å²) in [5, 5.41) is 18.3. The van der Waals surface area contributed by atoms with Gasteiger partial charge < -0.3 is 9.84 Å². The van der Waals surface area contributed by atoms with E-state index in [1.54, 1.807) is 64.8 Å². The molecule has 2 heterocycles. The zero-order valence-electron chi connectivity index (χ0n) is 29.9. The van der Waals surface area contributed by atoms with Crippen LogP contribution >= 0.6 is 0 Å². The highest BCUT2D eigenvalue weighted by Crippen LogP contribution is 2.30. The molecule has 55 heavy (non-hydrogen) atoms. The van der Waals surface area contributed by atoms with Gasteiger partial charge in [-0.25, -0.2) is 22.9 Å². The minimum Gasteiger partial charge on any atom is -0.461 e. The van der Waals surface area contributed by atoms with Crippen molar-refractivity contribution in [1.82, 2.24) is 19.6 Å². The number of aliphatic hydroxyl groups excluding tert-OH is 1. The molecule has 0 amide bonds. The molecule has 0 bridgehead atoms. The van der Waals surface area contributed by atoms with E-state index < -0.39 is 5.97 Å². The lowest BCUT2D eigenvalue weighted by molar-refractivity contribution is 0.0519. The summed E-state index contributed by atoms with van der Waals surface area (Å²) < 4.78 is 37.0. The van der Waals surface area contributed by atoms with E-state index in [0.717, 1.165) is 33.6 Å². The smallest absolute Gasteiger partial charge is 0.358 e. The van der Waals surface area contributed by atoms with Gasteiger partial charge in [0, 0.05) is 11.1 Å². The topological polar surface area (TPSA) is 82.2 Å². The zero-order chi connectivity index (χ0) is 38.1. The van der Waals surface area contributed by atoms with E-state index in [4.69, 9.17) is 4.74 Å². The van der Waals surface area contributed by atoms with Crippen molar-refractivity contribution in [2.45, 2.75) is 13.5 Å². The molecule has 7 nitrogen and oxygen atoms in total. The third-order valence-corrected chi connectivity index (χ3v) is 8.85. The van der Waals surface area contributed by atoms with Gasteiger partial charge in [-0.15, -0.1) is 0 Å². The summed E-state index contributed by atoms with van der Waals surface area (Å²) in [7, 11) is 0. The molecular formula is C46H36F2N4O3. The van der Waals surface area contributed by atoms with Gasteiger partial charge in [-0.2, -0.15) is 10.2 Å². The lowest BCUT2D eigenvalue weighted by Gasteiger charge is -2.09. The summed E-state index contributed by atoms with van der Waals surface area (Å²) in [6.45, 7) is 1.78. The molecule has 272 valence electrons. The molecule has 8 aromatic rings. The van der Waals surface area contributed by atoms with Crippen molar-refractivity contribution in [3.05, 3.63) is 193 Å². The number of hydrogen-bond donors (Lipinski definition) is 1. The average molecular weight is 731 g/mol. The number of halogens is 2. The number of rotatable bonds is 9. The first-order valence-corrected chi connectivity index (χ1v) is 17.7. The van der Waals surface area contributed by atoms with Crippen LogP contribution in [0.2, 0.25) is 0 Å². The molecule has 6 aromatic carbocycles. The third kappa shape index (κ3) is 8.17. The molecule has 0 saturated heterocycles. The number of carbonyl (C=O) groups excluding carboxylic acids is 1. The number of aromatic nitrogens is 4. The molecule has 0 atom stereocenters. The molecule has 0 aliphatic heterocycles. The van der Waals surface area contributed by atoms with Crippen molar-refractivity contribution >= 4 is 5.97 Å². The minimum atomic E-state index is -0.537. The summed E-state index contributed by atoms with van der Waals surface area (Å²) >= 11 is 0. The van der Waals surface area contributed by atoms with Gasteiger partial charge in [-0.05, 0) is 89.8 Å². The van der Waals surface area contributed by atoms with Crippen LogP contribution < -0.4 is 0 Å². The number of carbonyl (C=O) groups is 1. The standard InChI is InChI=1S/C24H19FN2O2.C22H17FN2O/c1-2-29-24(28)22-16-23(20-10-6-7-11-21(20)25)27(26-22)19-14-12-18(13-15-19)17-8-4-3-5-9-17;23-21-9-5-4-8-20(21)22-14-18(15-26)24-25(22)19-12-10-17(11-13-19)16-6-2-1-3-7-16/h3-16H,2H2,1H3;1-14,26H,15H2. The minimum absolute atomic E-state index is 0.136. The van der Waals surface area contributed by atoms with Crippen molar-refractivity contribution in [2.75, 3.05) is 6.61 Å². The Morgan fingerprint density at radius 2 is 0.982 bits per heavy atom. The normalized spacial score (nSPS) is 10.8. The fourth-order valence-electron chi connectivity index (χ4n) is 6.16. The Labute approximate surface area is 317 Å². The van der Waals surface area contributed by atoms with Gasteiger partial charge in [-0.3, -0.25) is 0 Å². The second kappa shape index (κ2) is 16.8. The summed E-state index contributed by atoms with van der Waals surface area (Å²) in [6.07, 6.45) is 0. The molecule has 0 aliphatic rings. The highest BCUT2D eigenvalue weighted by atomic mass is 19.1. The highest BCUT2D eigenvalue weighted by molar-refractivity contribution is 5.89. The van der Waals surface area contributed by atoms with E-state index in [2.05, 4.69) is 22.3 Å². The number of hydrogen-bond acceptors (Lipinski definition) is 5. The Morgan fingerprint density at radius 1 is 0.564 bits per heavy atom. The van der Waals surface area contributed by atoms with Gasteiger partial charge in [0.15, 0.2) is 5.69 Å². The van der Waals surface area contributed by atoms with E-state index in [1.807, 2.05) is 97.1 Å². The first-order valence-electron chi connectivity index (χ1n) is 17.7. The Morgan fingerprint density at radius 3 is 1.44 bits per heavy atom. The van der Waals surface area contributed by atoms with Gasteiger partial charge in [0.05, 0.1) is 41.7 Å². The second-order valence-electron chi connectivity index (χ2n) is 12.4. The second-order valence-corrected chi connectivity index (χ2v) is 12.4. The fourth-order valence-corrected chi connectivity index (χ4v) is 6.16. The molecule has 0 radical (unpaired) electrons.